The smallest absolute Gasteiger partial charge is 0.437 e. The van der Waals surface area contributed by atoms with Gasteiger partial charge in [-0.15, -0.1) is 0 Å². The lowest BCUT2D eigenvalue weighted by Gasteiger charge is -2.09. The Labute approximate surface area is 110 Å². The Balaban J connectivity index is 2.94. The summed E-state index contributed by atoms with van der Waals surface area (Å²) in [6, 6.07) is 7.06. The highest BCUT2D eigenvalue weighted by Crippen LogP contribution is 2.14. The highest BCUT2D eigenvalue weighted by Gasteiger charge is 2.72. The molecule has 0 aliphatic rings. The first-order valence-corrected chi connectivity index (χ1v) is 4.98. The van der Waals surface area contributed by atoms with Gasteiger partial charge in [-0.1, -0.05) is 18.2 Å². The molecule has 11 nitrogen and oxygen atoms in total. The Morgan fingerprint density at radius 1 is 1.00 bits per heavy atom. The van der Waals surface area contributed by atoms with Gasteiger partial charge in [-0.2, -0.15) is 0 Å². The van der Waals surface area contributed by atoms with Crippen molar-refractivity contribution in [3.05, 3.63) is 66.2 Å². The van der Waals surface area contributed by atoms with Crippen LogP contribution >= 0.6 is 0 Å². The van der Waals surface area contributed by atoms with Crippen LogP contribution in [0.25, 0.3) is 0 Å². The Kier molecular flexibility index (Phi) is 4.25. The number of hydrogen-bond acceptors (Lipinski definition) is 8. The van der Waals surface area contributed by atoms with Gasteiger partial charge in [-0.05, 0) is 12.1 Å². The lowest BCUT2D eigenvalue weighted by atomic mass is 10.2. The molecule has 0 fully saturated rings. The van der Waals surface area contributed by atoms with Crippen LogP contribution in [0.15, 0.2) is 30.3 Å². The SMILES string of the molecule is O=C(OCC([N+](=O)[O-])([N+](=O)[O-])[N+](=O)[O-])c1ccccc1. The van der Waals surface area contributed by atoms with Crippen LogP contribution in [-0.4, -0.2) is 33.1 Å². The Morgan fingerprint density at radius 2 is 1.45 bits per heavy atom. The summed E-state index contributed by atoms with van der Waals surface area (Å²) >= 11 is 0. The number of benzene rings is 1. The minimum atomic E-state index is -3.82. The zero-order chi connectivity index (χ0) is 15.3. The zero-order valence-corrected chi connectivity index (χ0v) is 9.70. The van der Waals surface area contributed by atoms with E-state index < -0.39 is 33.1 Å². The molecule has 0 N–H and O–H groups in total. The summed E-state index contributed by atoms with van der Waals surface area (Å²) in [5.41, 5.74) is -0.0450. The van der Waals surface area contributed by atoms with Gasteiger partial charge in [0.15, 0.2) is 14.8 Å². The van der Waals surface area contributed by atoms with Crippen molar-refractivity contribution in [2.24, 2.45) is 0 Å². The van der Waals surface area contributed by atoms with E-state index in [0.29, 0.717) is 0 Å². The van der Waals surface area contributed by atoms with E-state index in [4.69, 9.17) is 0 Å². The zero-order valence-electron chi connectivity index (χ0n) is 9.70. The van der Waals surface area contributed by atoms with Crippen molar-refractivity contribution in [2.75, 3.05) is 6.61 Å². The first-order chi connectivity index (χ1) is 9.32. The fraction of sp³-hybridized carbons (Fsp3) is 0.222. The van der Waals surface area contributed by atoms with E-state index in [-0.39, 0.29) is 5.56 Å². The third-order valence-electron chi connectivity index (χ3n) is 2.28. The van der Waals surface area contributed by atoms with Crippen molar-refractivity contribution in [3.63, 3.8) is 0 Å². The number of carbonyl (C=O) groups excluding carboxylic acids is 1. The first kappa shape index (κ1) is 14.9. The topological polar surface area (TPSA) is 156 Å². The summed E-state index contributed by atoms with van der Waals surface area (Å²) in [6.45, 7) is -1.62. The second-order valence-electron chi connectivity index (χ2n) is 3.49. The fourth-order valence-electron chi connectivity index (χ4n) is 1.18. The standard InChI is InChI=1S/C9H7N3O8/c13-8(7-4-2-1-3-5-7)20-6-9(10(14)15,11(16)17)12(18)19/h1-5H,6H2. The van der Waals surface area contributed by atoms with Crippen LogP contribution in [0, 0.1) is 30.3 Å². The molecule has 106 valence electrons. The van der Waals surface area contributed by atoms with Crippen LogP contribution in [-0.2, 0) is 4.74 Å². The van der Waals surface area contributed by atoms with Gasteiger partial charge in [0.1, 0.15) is 0 Å². The molecule has 0 heterocycles. The summed E-state index contributed by atoms with van der Waals surface area (Å²) in [7, 11) is 0. The number of nitro groups is 3. The van der Waals surface area contributed by atoms with Crippen LogP contribution in [0.4, 0.5) is 0 Å². The van der Waals surface area contributed by atoms with Crippen molar-refractivity contribution in [1.82, 2.24) is 0 Å². The van der Waals surface area contributed by atoms with Gasteiger partial charge >= 0.3 is 18.4 Å². The van der Waals surface area contributed by atoms with Crippen molar-refractivity contribution < 1.29 is 24.3 Å². The van der Waals surface area contributed by atoms with E-state index in [1.165, 1.54) is 24.3 Å². The molecule has 1 aromatic rings. The number of nitrogens with zero attached hydrogens (tertiary/aromatic N) is 3. The minimum Gasteiger partial charge on any atom is -0.437 e. The van der Waals surface area contributed by atoms with E-state index in [1.54, 1.807) is 6.07 Å². The lowest BCUT2D eigenvalue weighted by molar-refractivity contribution is -0.970. The number of carbonyl (C=O) groups is 1. The molecule has 20 heavy (non-hydrogen) atoms. The Hall–Kier alpha value is -3.11. The molecular formula is C9H7N3O8. The quantitative estimate of drug-likeness (QED) is 0.313. The van der Waals surface area contributed by atoms with E-state index in [9.17, 15) is 35.1 Å². The summed E-state index contributed by atoms with van der Waals surface area (Å²) in [5, 5.41) is 31.8. The van der Waals surface area contributed by atoms with Crippen LogP contribution in [0.3, 0.4) is 0 Å². The predicted octanol–water partition coefficient (Wildman–Crippen LogP) is 0.327. The first-order valence-electron chi connectivity index (χ1n) is 4.98. The fourth-order valence-corrected chi connectivity index (χ4v) is 1.18. The van der Waals surface area contributed by atoms with Crippen LogP contribution in [0.1, 0.15) is 10.4 Å². The van der Waals surface area contributed by atoms with Gasteiger partial charge in [0, 0.05) is 0 Å². The van der Waals surface area contributed by atoms with Crippen molar-refractivity contribution >= 4 is 5.97 Å². The molecule has 0 aliphatic heterocycles. The van der Waals surface area contributed by atoms with Crippen LogP contribution in [0.5, 0.6) is 0 Å². The summed E-state index contributed by atoms with van der Waals surface area (Å²) in [5.74, 6) is -4.95. The second-order valence-corrected chi connectivity index (χ2v) is 3.49. The van der Waals surface area contributed by atoms with Gasteiger partial charge in [0.05, 0.1) is 5.56 Å². The number of ether oxygens (including phenoxy) is 1. The van der Waals surface area contributed by atoms with Crippen molar-refractivity contribution in [1.29, 1.82) is 0 Å². The van der Waals surface area contributed by atoms with Crippen molar-refractivity contribution in [3.8, 4) is 0 Å². The van der Waals surface area contributed by atoms with Gasteiger partial charge in [-0.3, -0.25) is 30.3 Å². The third kappa shape index (κ3) is 2.66. The lowest BCUT2D eigenvalue weighted by Crippen LogP contribution is -2.57. The Morgan fingerprint density at radius 3 is 1.85 bits per heavy atom. The number of hydrogen-bond donors (Lipinski definition) is 0. The Bertz CT molecular complexity index is 522. The van der Waals surface area contributed by atoms with Crippen molar-refractivity contribution in [2.45, 2.75) is 5.79 Å². The van der Waals surface area contributed by atoms with Gasteiger partial charge < -0.3 is 4.74 Å². The normalized spacial score (nSPS) is 10.6. The maximum atomic E-state index is 11.5. The van der Waals surface area contributed by atoms with Gasteiger partial charge in [-0.25, -0.2) is 4.79 Å². The van der Waals surface area contributed by atoms with Crippen LogP contribution in [0.2, 0.25) is 0 Å². The molecule has 0 spiro atoms. The van der Waals surface area contributed by atoms with Crippen LogP contribution < -0.4 is 0 Å². The van der Waals surface area contributed by atoms with E-state index in [2.05, 4.69) is 4.74 Å². The maximum absolute atomic E-state index is 11.5. The molecule has 0 unspecified atom stereocenters. The molecule has 0 bridgehead atoms. The molecular weight excluding hydrogens is 278 g/mol. The van der Waals surface area contributed by atoms with E-state index in [1.807, 2.05) is 0 Å². The third-order valence-corrected chi connectivity index (χ3v) is 2.28. The highest BCUT2D eigenvalue weighted by molar-refractivity contribution is 5.89. The molecule has 0 aromatic heterocycles. The highest BCUT2D eigenvalue weighted by atomic mass is 16.7. The molecule has 0 aliphatic carbocycles. The van der Waals surface area contributed by atoms with E-state index in [0.717, 1.165) is 0 Å². The maximum Gasteiger partial charge on any atom is 0.734 e. The molecule has 0 radical (unpaired) electrons. The molecule has 1 aromatic carbocycles. The monoisotopic (exact) mass is 285 g/mol. The predicted molar refractivity (Wildman–Crippen MR) is 60.4 cm³/mol. The summed E-state index contributed by atoms with van der Waals surface area (Å²) in [4.78, 5) is 38.1. The van der Waals surface area contributed by atoms with Gasteiger partial charge in [0.2, 0.25) is 0 Å². The van der Waals surface area contributed by atoms with E-state index >= 15 is 0 Å². The number of rotatable bonds is 6. The summed E-state index contributed by atoms with van der Waals surface area (Å²) < 4.78 is 4.31. The molecule has 0 atom stereocenters. The van der Waals surface area contributed by atoms with Gasteiger partial charge in [0.25, 0.3) is 0 Å². The molecule has 0 amide bonds. The molecule has 1 rings (SSSR count). The minimum absolute atomic E-state index is 0.0450. The second kappa shape index (κ2) is 5.69. The number of esters is 1. The average molecular weight is 285 g/mol. The molecule has 11 heteroatoms. The largest absolute Gasteiger partial charge is 0.734 e. The molecule has 0 saturated heterocycles. The molecule has 0 saturated carbocycles. The summed E-state index contributed by atoms with van der Waals surface area (Å²) in [6.07, 6.45) is 0. The average Bonchev–Trinajstić information content (AvgIpc) is 2.38.